The maximum atomic E-state index is 11.8. The molecule has 0 radical (unpaired) electrons. The summed E-state index contributed by atoms with van der Waals surface area (Å²) in [7, 11) is 0. The van der Waals surface area contributed by atoms with Gasteiger partial charge in [-0.3, -0.25) is 0 Å². The van der Waals surface area contributed by atoms with Gasteiger partial charge in [0.1, 0.15) is 0 Å². The Morgan fingerprint density at radius 3 is 1.08 bits per heavy atom. The lowest BCUT2D eigenvalue weighted by molar-refractivity contribution is 0.0683. The van der Waals surface area contributed by atoms with Gasteiger partial charge < -0.3 is 21.7 Å². The van der Waals surface area contributed by atoms with Gasteiger partial charge in [-0.25, -0.2) is 9.59 Å². The highest BCUT2D eigenvalue weighted by Crippen LogP contribution is 2.46. The first kappa shape index (κ1) is 23.6. The number of carboxylic acid groups (broad SMARTS) is 2. The predicted octanol–water partition coefficient (Wildman–Crippen LogP) is 5.54. The molecule has 6 N–H and O–H groups in total. The van der Waals surface area contributed by atoms with Gasteiger partial charge in [-0.1, -0.05) is 0 Å². The van der Waals surface area contributed by atoms with Crippen molar-refractivity contribution >= 4 is 159 Å². The summed E-state index contributed by atoms with van der Waals surface area (Å²) in [6.07, 6.45) is 0. The minimum Gasteiger partial charge on any atom is -0.478 e. The molecule has 0 atom stereocenters. The van der Waals surface area contributed by atoms with E-state index in [-0.39, 0.29) is 11.1 Å². The summed E-state index contributed by atoms with van der Waals surface area (Å²) in [5.41, 5.74) is 14.4. The van der Waals surface area contributed by atoms with Crippen molar-refractivity contribution in [3.05, 3.63) is 32.5 Å². The van der Waals surface area contributed by atoms with E-state index >= 15 is 0 Å². The minimum absolute atomic E-state index is 0.0970. The van der Waals surface area contributed by atoms with Crippen LogP contribution < -0.4 is 11.5 Å². The molecule has 0 fully saturated rings. The Labute approximate surface area is 229 Å². The maximum absolute atomic E-state index is 11.8. The summed E-state index contributed by atoms with van der Waals surface area (Å²) < 4.78 is 3.21. The maximum Gasteiger partial charge on any atom is 0.337 e. The number of rotatable bonds is 3. The summed E-state index contributed by atoms with van der Waals surface area (Å²) in [5, 5.41) is 19.2. The summed E-state index contributed by atoms with van der Waals surface area (Å²) in [4.78, 5) is 23.5. The van der Waals surface area contributed by atoms with Crippen molar-refractivity contribution in [3.63, 3.8) is 0 Å². The average molecular weight is 1030 g/mol. The smallest absolute Gasteiger partial charge is 0.337 e. The molecule has 0 saturated heterocycles. The van der Waals surface area contributed by atoms with Crippen molar-refractivity contribution in [2.75, 3.05) is 11.5 Å². The second kappa shape index (κ2) is 9.02. The SMILES string of the molecule is Nc1c(I)c(C(=O)O)c(I)c(-c2c(I)c(N)c(I)c(C(=O)O)c2I)c1I. The summed E-state index contributed by atoms with van der Waals surface area (Å²) in [6.45, 7) is 0. The quantitative estimate of drug-likeness (QED) is 0.237. The van der Waals surface area contributed by atoms with Gasteiger partial charge in [0.05, 0.1) is 29.6 Å². The summed E-state index contributed by atoms with van der Waals surface area (Å²) >= 11 is 11.9. The third kappa shape index (κ3) is 4.00. The van der Waals surface area contributed by atoms with Crippen LogP contribution in [0.2, 0.25) is 0 Å². The fourth-order valence-corrected chi connectivity index (χ4v) is 10.5. The molecule has 2 rings (SSSR count). The van der Waals surface area contributed by atoms with Gasteiger partial charge in [-0.05, 0) is 136 Å². The largest absolute Gasteiger partial charge is 0.478 e. The fourth-order valence-electron chi connectivity index (χ4n) is 2.18. The summed E-state index contributed by atoms with van der Waals surface area (Å²) in [5.74, 6) is -2.18. The van der Waals surface area contributed by atoms with Gasteiger partial charge in [0.2, 0.25) is 0 Å². The van der Waals surface area contributed by atoms with Crippen LogP contribution in [-0.4, -0.2) is 22.2 Å². The number of hydrogen-bond acceptors (Lipinski definition) is 4. The molecule has 0 aliphatic heterocycles. The minimum atomic E-state index is -1.09. The number of carboxylic acids is 2. The first-order valence-electron chi connectivity index (χ1n) is 6.32. The average Bonchev–Trinajstić information content (AvgIpc) is 2.53. The Morgan fingerprint density at radius 2 is 0.846 bits per heavy atom. The number of hydrogen-bond donors (Lipinski definition) is 4. The van der Waals surface area contributed by atoms with Gasteiger partial charge in [-0.15, -0.1) is 0 Å². The zero-order valence-electron chi connectivity index (χ0n) is 12.1. The molecule has 138 valence electrons. The van der Waals surface area contributed by atoms with Gasteiger partial charge in [0.25, 0.3) is 0 Å². The van der Waals surface area contributed by atoms with E-state index < -0.39 is 11.9 Å². The summed E-state index contributed by atoms with van der Waals surface area (Å²) in [6, 6.07) is 0. The molecule has 2 aromatic rings. The second-order valence-corrected chi connectivity index (χ2v) is 11.3. The van der Waals surface area contributed by atoms with Crippen LogP contribution in [-0.2, 0) is 0 Å². The molecule has 6 nitrogen and oxygen atoms in total. The Balaban J connectivity index is 3.13. The highest BCUT2D eigenvalue weighted by Gasteiger charge is 2.30. The zero-order valence-corrected chi connectivity index (χ0v) is 25.1. The Bertz CT molecular complexity index is 913. The third-order valence-electron chi connectivity index (χ3n) is 3.38. The molecule has 2 aromatic carbocycles. The van der Waals surface area contributed by atoms with Crippen molar-refractivity contribution in [1.82, 2.24) is 0 Å². The molecule has 0 amide bonds. The van der Waals surface area contributed by atoms with Crippen LogP contribution in [0, 0.1) is 21.4 Å². The lowest BCUT2D eigenvalue weighted by Gasteiger charge is -2.20. The molecular formula is C14H6I6N2O4. The van der Waals surface area contributed by atoms with Crippen LogP contribution >= 0.6 is 136 Å². The van der Waals surface area contributed by atoms with Crippen molar-refractivity contribution in [2.24, 2.45) is 0 Å². The molecule has 26 heavy (non-hydrogen) atoms. The first-order valence-corrected chi connectivity index (χ1v) is 12.8. The van der Waals surface area contributed by atoms with E-state index in [0.29, 0.717) is 43.9 Å². The fraction of sp³-hybridized carbons (Fsp3) is 0. The number of anilines is 2. The van der Waals surface area contributed by atoms with Crippen LogP contribution in [0.4, 0.5) is 11.4 Å². The van der Waals surface area contributed by atoms with E-state index in [4.69, 9.17) is 11.5 Å². The molecule has 0 bridgehead atoms. The lowest BCUT2D eigenvalue weighted by atomic mass is 9.99. The topological polar surface area (TPSA) is 127 Å². The molecule has 0 aliphatic carbocycles. The van der Waals surface area contributed by atoms with E-state index in [9.17, 15) is 19.8 Å². The molecular weight excluding hydrogens is 1020 g/mol. The van der Waals surface area contributed by atoms with Crippen LogP contribution in [0.3, 0.4) is 0 Å². The van der Waals surface area contributed by atoms with Crippen LogP contribution in [0.1, 0.15) is 20.7 Å². The van der Waals surface area contributed by atoms with Crippen molar-refractivity contribution in [2.45, 2.75) is 0 Å². The highest BCUT2D eigenvalue weighted by molar-refractivity contribution is 14.1. The molecule has 0 heterocycles. The highest BCUT2D eigenvalue weighted by atomic mass is 127. The molecule has 0 unspecified atom stereocenters. The van der Waals surface area contributed by atoms with E-state index in [2.05, 4.69) is 45.2 Å². The van der Waals surface area contributed by atoms with Crippen molar-refractivity contribution in [1.29, 1.82) is 0 Å². The first-order chi connectivity index (χ1) is 11.9. The molecule has 0 aromatic heterocycles. The third-order valence-corrected chi connectivity index (χ3v) is 10.0. The number of nitrogen functional groups attached to an aromatic ring is 2. The van der Waals surface area contributed by atoms with Crippen LogP contribution in [0.5, 0.6) is 0 Å². The van der Waals surface area contributed by atoms with E-state index in [1.165, 1.54) is 0 Å². The molecule has 0 aliphatic rings. The van der Waals surface area contributed by atoms with E-state index in [1.807, 2.05) is 90.4 Å². The Kier molecular flexibility index (Phi) is 8.20. The number of aromatic carboxylic acids is 2. The van der Waals surface area contributed by atoms with Gasteiger partial charge in [-0.2, -0.15) is 0 Å². The van der Waals surface area contributed by atoms with Crippen LogP contribution in [0.15, 0.2) is 0 Å². The number of halogens is 6. The van der Waals surface area contributed by atoms with Crippen molar-refractivity contribution < 1.29 is 19.8 Å². The number of benzene rings is 2. The van der Waals surface area contributed by atoms with E-state index in [1.54, 1.807) is 0 Å². The van der Waals surface area contributed by atoms with Gasteiger partial charge in [0.15, 0.2) is 0 Å². The molecule has 0 spiro atoms. The number of carbonyl (C=O) groups is 2. The standard InChI is InChI=1S/C14H6I6N2O4/c15-5-1(7(17)11(21)9(19)3(5)13(23)24)2-6(16)4(14(25)26)10(20)12(22)8(2)18/h21-22H2,(H,23,24)(H,25,26). The van der Waals surface area contributed by atoms with Gasteiger partial charge in [0, 0.05) is 25.4 Å². The monoisotopic (exact) mass is 1030 g/mol. The Hall–Kier alpha value is 1.36. The second-order valence-electron chi connectivity index (χ2n) is 4.82. The van der Waals surface area contributed by atoms with Crippen LogP contribution in [0.25, 0.3) is 11.1 Å². The molecule has 12 heteroatoms. The zero-order chi connectivity index (χ0) is 20.1. The van der Waals surface area contributed by atoms with Gasteiger partial charge >= 0.3 is 11.9 Å². The number of nitrogens with two attached hydrogens (primary N) is 2. The Morgan fingerprint density at radius 1 is 0.577 bits per heavy atom. The molecule has 0 saturated carbocycles. The lowest BCUT2D eigenvalue weighted by Crippen LogP contribution is -2.14. The predicted molar refractivity (Wildman–Crippen MR) is 151 cm³/mol. The van der Waals surface area contributed by atoms with Crippen molar-refractivity contribution in [3.8, 4) is 11.1 Å². The van der Waals surface area contributed by atoms with E-state index in [0.717, 1.165) is 0 Å². The normalized spacial score (nSPS) is 10.8.